The van der Waals surface area contributed by atoms with Crippen molar-refractivity contribution in [3.05, 3.63) is 92.5 Å². The van der Waals surface area contributed by atoms with Gasteiger partial charge in [-0.2, -0.15) is 0 Å². The number of nitrogens with one attached hydrogen (secondary N) is 2. The summed E-state index contributed by atoms with van der Waals surface area (Å²) < 4.78 is 14.7. The molecule has 6 nitrogen and oxygen atoms in total. The summed E-state index contributed by atoms with van der Waals surface area (Å²) in [4.78, 5) is 40.4. The molecule has 8 heteroatoms. The average Bonchev–Trinajstić information content (AvgIpc) is 2.67. The minimum Gasteiger partial charge on any atom is -0.321 e. The zero-order valence-electron chi connectivity index (χ0n) is 14.4. The van der Waals surface area contributed by atoms with Crippen LogP contribution in [0.2, 0.25) is 0 Å². The summed E-state index contributed by atoms with van der Waals surface area (Å²) in [7, 11) is 0. The number of rotatable bonds is 5. The first kappa shape index (κ1) is 18.7. The summed E-state index contributed by atoms with van der Waals surface area (Å²) in [6.07, 6.45) is 2.94. The van der Waals surface area contributed by atoms with Crippen LogP contribution in [0, 0.1) is 5.82 Å². The van der Waals surface area contributed by atoms with E-state index in [-0.39, 0.29) is 17.7 Å². The lowest BCUT2D eigenvalue weighted by molar-refractivity contribution is 0.102. The number of hydrogen-bond acceptors (Lipinski definition) is 4. The van der Waals surface area contributed by atoms with E-state index in [1.165, 1.54) is 30.0 Å². The molecule has 0 radical (unpaired) electrons. The van der Waals surface area contributed by atoms with Gasteiger partial charge >= 0.3 is 5.69 Å². The second-order valence-electron chi connectivity index (χ2n) is 5.64. The highest BCUT2D eigenvalue weighted by molar-refractivity contribution is 7.98. The Balaban J connectivity index is 1.95. The minimum atomic E-state index is -0.791. The number of H-pyrrole nitrogens is 1. The highest BCUT2D eigenvalue weighted by Gasteiger charge is 2.17. The summed E-state index contributed by atoms with van der Waals surface area (Å²) in [5.74, 6) is -1.19. The lowest BCUT2D eigenvalue weighted by Crippen LogP contribution is -2.39. The molecule has 2 aromatic carbocycles. The van der Waals surface area contributed by atoms with Crippen LogP contribution in [-0.4, -0.2) is 21.7 Å². The van der Waals surface area contributed by atoms with Gasteiger partial charge in [0.15, 0.2) is 0 Å². The first-order valence-corrected chi connectivity index (χ1v) is 9.24. The molecule has 1 heterocycles. The maximum Gasteiger partial charge on any atom is 0.328 e. The van der Waals surface area contributed by atoms with Crippen molar-refractivity contribution >= 4 is 23.4 Å². The Hall–Kier alpha value is -3.13. The van der Waals surface area contributed by atoms with E-state index in [1.807, 2.05) is 18.4 Å². The average molecular weight is 385 g/mol. The molecule has 0 aliphatic rings. The molecule has 0 aliphatic carbocycles. The number of aromatic nitrogens is 2. The smallest absolute Gasteiger partial charge is 0.321 e. The quantitative estimate of drug-likeness (QED) is 0.662. The second-order valence-corrected chi connectivity index (χ2v) is 6.49. The van der Waals surface area contributed by atoms with Crippen molar-refractivity contribution in [3.8, 4) is 0 Å². The zero-order chi connectivity index (χ0) is 19.4. The molecule has 0 fully saturated rings. The molecule has 0 spiro atoms. The molecule has 0 bridgehead atoms. The summed E-state index contributed by atoms with van der Waals surface area (Å²) in [5, 5.41) is 2.67. The maximum atomic E-state index is 13.9. The monoisotopic (exact) mass is 385 g/mol. The van der Waals surface area contributed by atoms with Crippen LogP contribution < -0.4 is 16.6 Å². The summed E-state index contributed by atoms with van der Waals surface area (Å²) >= 11 is 1.45. The van der Waals surface area contributed by atoms with Gasteiger partial charge in [0.05, 0.1) is 12.2 Å². The highest BCUT2D eigenvalue weighted by Crippen LogP contribution is 2.24. The Morgan fingerprint density at radius 2 is 1.85 bits per heavy atom. The van der Waals surface area contributed by atoms with Gasteiger partial charge in [-0.1, -0.05) is 30.3 Å². The zero-order valence-corrected chi connectivity index (χ0v) is 15.2. The van der Waals surface area contributed by atoms with Crippen LogP contribution in [0.4, 0.5) is 10.1 Å². The van der Waals surface area contributed by atoms with Crippen LogP contribution in [0.15, 0.2) is 69.2 Å². The number of carbonyl (C=O) groups excluding carboxylic acids is 1. The van der Waals surface area contributed by atoms with E-state index < -0.39 is 23.0 Å². The third-order valence-corrected chi connectivity index (χ3v) is 4.74. The van der Waals surface area contributed by atoms with Crippen LogP contribution in [-0.2, 0) is 6.54 Å². The van der Waals surface area contributed by atoms with E-state index in [9.17, 15) is 18.8 Å². The first-order chi connectivity index (χ1) is 13.0. The van der Waals surface area contributed by atoms with E-state index in [0.29, 0.717) is 5.69 Å². The van der Waals surface area contributed by atoms with E-state index in [2.05, 4.69) is 10.3 Å². The van der Waals surface area contributed by atoms with Gasteiger partial charge in [0.25, 0.3) is 11.5 Å². The molecule has 0 saturated carbocycles. The molecule has 0 aliphatic heterocycles. The fraction of sp³-hybridized carbons (Fsp3) is 0.105. The van der Waals surface area contributed by atoms with Gasteiger partial charge in [0, 0.05) is 16.7 Å². The normalized spacial score (nSPS) is 10.6. The minimum absolute atomic E-state index is 0.176. The molecule has 3 aromatic rings. The van der Waals surface area contributed by atoms with Crippen LogP contribution in [0.5, 0.6) is 0 Å². The molecule has 138 valence electrons. The summed E-state index contributed by atoms with van der Waals surface area (Å²) in [5.41, 5.74) is -1.01. The van der Waals surface area contributed by atoms with Crippen molar-refractivity contribution in [2.75, 3.05) is 11.6 Å². The standard InChI is InChI=1S/C19H16FN3O3S/c1-27-16-9-5-4-8-15(16)22-17(24)13-10-21-19(26)23(18(13)25)11-12-6-2-3-7-14(12)20/h2-10H,11H2,1H3,(H,21,26)(H,22,24). The number of para-hydroxylation sites is 1. The van der Waals surface area contributed by atoms with Crippen molar-refractivity contribution in [1.82, 2.24) is 9.55 Å². The molecule has 0 atom stereocenters. The van der Waals surface area contributed by atoms with Crippen LogP contribution in [0.25, 0.3) is 0 Å². The number of hydrogen-bond donors (Lipinski definition) is 2. The van der Waals surface area contributed by atoms with Crippen molar-refractivity contribution in [1.29, 1.82) is 0 Å². The van der Waals surface area contributed by atoms with Gasteiger partial charge in [-0.25, -0.2) is 9.18 Å². The maximum absolute atomic E-state index is 13.9. The summed E-state index contributed by atoms with van der Waals surface area (Å²) in [6, 6.07) is 13.0. The van der Waals surface area contributed by atoms with E-state index in [0.717, 1.165) is 15.7 Å². The number of aromatic amines is 1. The first-order valence-electron chi connectivity index (χ1n) is 8.01. The fourth-order valence-corrected chi connectivity index (χ4v) is 3.11. The molecule has 0 unspecified atom stereocenters. The van der Waals surface area contributed by atoms with Gasteiger partial charge in [-0.3, -0.25) is 14.2 Å². The van der Waals surface area contributed by atoms with Crippen molar-refractivity contribution in [2.24, 2.45) is 0 Å². The number of carbonyl (C=O) groups is 1. The highest BCUT2D eigenvalue weighted by atomic mass is 32.2. The third-order valence-electron chi connectivity index (χ3n) is 3.95. The van der Waals surface area contributed by atoms with Gasteiger partial charge in [-0.05, 0) is 24.5 Å². The molecule has 1 aromatic heterocycles. The Kier molecular flexibility index (Phi) is 5.56. The number of benzene rings is 2. The van der Waals surface area contributed by atoms with E-state index in [4.69, 9.17) is 0 Å². The van der Waals surface area contributed by atoms with E-state index in [1.54, 1.807) is 18.2 Å². The third kappa shape index (κ3) is 4.01. The Bertz CT molecular complexity index is 1110. The van der Waals surface area contributed by atoms with Crippen LogP contribution in [0.3, 0.4) is 0 Å². The predicted molar refractivity (Wildman–Crippen MR) is 103 cm³/mol. The largest absolute Gasteiger partial charge is 0.328 e. The lowest BCUT2D eigenvalue weighted by Gasteiger charge is -2.10. The Morgan fingerprint density at radius 3 is 2.59 bits per heavy atom. The van der Waals surface area contributed by atoms with Crippen molar-refractivity contribution in [3.63, 3.8) is 0 Å². The number of nitrogens with zero attached hydrogens (tertiary/aromatic N) is 1. The van der Waals surface area contributed by atoms with Gasteiger partial charge in [0.2, 0.25) is 0 Å². The lowest BCUT2D eigenvalue weighted by atomic mass is 10.2. The van der Waals surface area contributed by atoms with Crippen LogP contribution >= 0.6 is 11.8 Å². The SMILES string of the molecule is CSc1ccccc1NC(=O)c1c[nH]c(=O)n(Cc2ccccc2F)c1=O. The molecule has 1 amide bonds. The summed E-state index contributed by atoms with van der Waals surface area (Å²) in [6.45, 7) is -0.274. The molecule has 3 rings (SSSR count). The van der Waals surface area contributed by atoms with E-state index >= 15 is 0 Å². The van der Waals surface area contributed by atoms with Crippen LogP contribution in [0.1, 0.15) is 15.9 Å². The Morgan fingerprint density at radius 1 is 1.15 bits per heavy atom. The number of anilines is 1. The van der Waals surface area contributed by atoms with Crippen molar-refractivity contribution < 1.29 is 9.18 Å². The molecular weight excluding hydrogens is 369 g/mol. The topological polar surface area (TPSA) is 84.0 Å². The van der Waals surface area contributed by atoms with Gasteiger partial charge in [-0.15, -0.1) is 11.8 Å². The predicted octanol–water partition coefficient (Wildman–Crippen LogP) is 2.70. The number of amides is 1. The number of thioether (sulfide) groups is 1. The molecule has 27 heavy (non-hydrogen) atoms. The number of halogens is 1. The molecular formula is C19H16FN3O3S. The molecule has 0 saturated heterocycles. The van der Waals surface area contributed by atoms with Gasteiger partial charge < -0.3 is 10.3 Å². The van der Waals surface area contributed by atoms with Gasteiger partial charge in [0.1, 0.15) is 11.4 Å². The molecule has 2 N–H and O–H groups in total. The Labute approximate surface area is 158 Å². The van der Waals surface area contributed by atoms with Crippen molar-refractivity contribution in [2.45, 2.75) is 11.4 Å². The fourth-order valence-electron chi connectivity index (χ4n) is 2.55. The second kappa shape index (κ2) is 8.05.